The molecule has 0 amide bonds. The molecule has 140 valence electrons. The number of fused-ring (bicyclic) bond motifs is 1. The van der Waals surface area contributed by atoms with Crippen LogP contribution in [0.1, 0.15) is 17.0 Å². The molecule has 0 saturated heterocycles. The van der Waals surface area contributed by atoms with Gasteiger partial charge in [0.05, 0.1) is 10.9 Å². The molecular formula is C23H21N3O2. The van der Waals surface area contributed by atoms with E-state index in [1.54, 1.807) is 13.1 Å². The zero-order valence-electron chi connectivity index (χ0n) is 15.5. The summed E-state index contributed by atoms with van der Waals surface area (Å²) < 4.78 is 1.40. The molecule has 4 rings (SSSR count). The highest BCUT2D eigenvalue weighted by atomic mass is 16.3. The monoisotopic (exact) mass is 371 g/mol. The highest BCUT2D eigenvalue weighted by Gasteiger charge is 2.33. The number of para-hydroxylation sites is 1. The SMILES string of the molecule is CNn1c(CC(O)(c2ccccc2)c2ccccc2)nc2ccccc2c1=O. The fraction of sp³-hybridized carbons (Fsp3) is 0.130. The number of rotatable bonds is 5. The van der Waals surface area contributed by atoms with Gasteiger partial charge in [-0.2, -0.15) is 0 Å². The number of hydrogen-bond donors (Lipinski definition) is 2. The minimum Gasteiger partial charge on any atom is -0.380 e. The van der Waals surface area contributed by atoms with Crippen LogP contribution in [-0.4, -0.2) is 21.8 Å². The van der Waals surface area contributed by atoms with Gasteiger partial charge < -0.3 is 10.5 Å². The summed E-state index contributed by atoms with van der Waals surface area (Å²) in [6.07, 6.45) is 0.141. The predicted molar refractivity (Wildman–Crippen MR) is 111 cm³/mol. The molecule has 1 aromatic heterocycles. The molecular weight excluding hydrogens is 350 g/mol. The van der Waals surface area contributed by atoms with Crippen molar-refractivity contribution in [1.29, 1.82) is 0 Å². The van der Waals surface area contributed by atoms with E-state index in [4.69, 9.17) is 0 Å². The quantitative estimate of drug-likeness (QED) is 0.566. The Balaban J connectivity index is 1.92. The molecule has 0 aliphatic rings. The molecule has 0 aliphatic carbocycles. The molecule has 0 saturated carbocycles. The zero-order valence-corrected chi connectivity index (χ0v) is 15.5. The normalized spacial score (nSPS) is 11.5. The van der Waals surface area contributed by atoms with Crippen LogP contribution in [-0.2, 0) is 12.0 Å². The topological polar surface area (TPSA) is 67.2 Å². The number of aromatic nitrogens is 2. The summed E-state index contributed by atoms with van der Waals surface area (Å²) in [6, 6.07) is 26.1. The van der Waals surface area contributed by atoms with E-state index in [1.807, 2.05) is 78.9 Å². The molecule has 0 bridgehead atoms. The van der Waals surface area contributed by atoms with E-state index in [-0.39, 0.29) is 12.0 Å². The lowest BCUT2D eigenvalue weighted by atomic mass is 9.83. The van der Waals surface area contributed by atoms with Gasteiger partial charge in [0.1, 0.15) is 11.4 Å². The maximum absolute atomic E-state index is 12.9. The van der Waals surface area contributed by atoms with Crippen LogP contribution in [0.15, 0.2) is 89.7 Å². The van der Waals surface area contributed by atoms with Crippen LogP contribution in [0.3, 0.4) is 0 Å². The van der Waals surface area contributed by atoms with Crippen molar-refractivity contribution < 1.29 is 5.11 Å². The Labute approximate surface area is 162 Å². The van der Waals surface area contributed by atoms with Crippen LogP contribution < -0.4 is 11.0 Å². The molecule has 5 nitrogen and oxygen atoms in total. The molecule has 2 N–H and O–H groups in total. The third kappa shape index (κ3) is 3.06. The Kier molecular flexibility index (Phi) is 4.67. The highest BCUT2D eigenvalue weighted by Crippen LogP contribution is 2.32. The molecule has 3 aromatic carbocycles. The fourth-order valence-electron chi connectivity index (χ4n) is 3.56. The van der Waals surface area contributed by atoms with E-state index in [0.29, 0.717) is 16.7 Å². The number of aliphatic hydroxyl groups is 1. The van der Waals surface area contributed by atoms with E-state index in [1.165, 1.54) is 4.68 Å². The van der Waals surface area contributed by atoms with Gasteiger partial charge in [-0.05, 0) is 23.3 Å². The van der Waals surface area contributed by atoms with Gasteiger partial charge in [-0.1, -0.05) is 72.8 Å². The Hall–Kier alpha value is -3.44. The van der Waals surface area contributed by atoms with E-state index in [0.717, 1.165) is 11.1 Å². The molecule has 1 heterocycles. The van der Waals surface area contributed by atoms with E-state index >= 15 is 0 Å². The smallest absolute Gasteiger partial charge is 0.279 e. The Morgan fingerprint density at radius 3 is 2.00 bits per heavy atom. The minimum atomic E-state index is -1.33. The van der Waals surface area contributed by atoms with Crippen molar-refractivity contribution >= 4 is 10.9 Å². The maximum atomic E-state index is 12.9. The molecule has 0 fully saturated rings. The molecule has 0 aliphatic heterocycles. The van der Waals surface area contributed by atoms with Crippen LogP contribution in [0.2, 0.25) is 0 Å². The van der Waals surface area contributed by atoms with Crippen molar-refractivity contribution in [1.82, 2.24) is 9.66 Å². The van der Waals surface area contributed by atoms with Gasteiger partial charge in [0, 0.05) is 13.5 Å². The average molecular weight is 371 g/mol. The number of benzene rings is 3. The first-order chi connectivity index (χ1) is 13.6. The van der Waals surface area contributed by atoms with Gasteiger partial charge in [0.2, 0.25) is 0 Å². The summed E-state index contributed by atoms with van der Waals surface area (Å²) in [6.45, 7) is 0. The third-order valence-electron chi connectivity index (χ3n) is 4.99. The van der Waals surface area contributed by atoms with Crippen LogP contribution in [0, 0.1) is 0 Å². The van der Waals surface area contributed by atoms with Crippen LogP contribution >= 0.6 is 0 Å². The summed E-state index contributed by atoms with van der Waals surface area (Å²) in [7, 11) is 1.67. The standard InChI is InChI=1S/C23H21N3O2/c1-24-26-21(25-20-15-9-8-14-19(20)22(26)27)16-23(28,17-10-4-2-5-11-17)18-12-6-3-7-13-18/h2-15,24,28H,16H2,1H3. The molecule has 5 heteroatoms. The van der Waals surface area contributed by atoms with E-state index in [2.05, 4.69) is 10.4 Å². The Bertz CT molecular complexity index is 1120. The second-order valence-corrected chi connectivity index (χ2v) is 6.68. The van der Waals surface area contributed by atoms with Gasteiger partial charge >= 0.3 is 0 Å². The summed E-state index contributed by atoms with van der Waals surface area (Å²) in [4.78, 5) is 17.6. The van der Waals surface area contributed by atoms with Crippen LogP contribution in [0.4, 0.5) is 0 Å². The molecule has 0 atom stereocenters. The van der Waals surface area contributed by atoms with E-state index < -0.39 is 5.60 Å². The highest BCUT2D eigenvalue weighted by molar-refractivity contribution is 5.77. The Morgan fingerprint density at radius 1 is 0.893 bits per heavy atom. The van der Waals surface area contributed by atoms with Crippen molar-refractivity contribution in [3.05, 3.63) is 112 Å². The summed E-state index contributed by atoms with van der Waals surface area (Å²) in [5.74, 6) is 0.460. The molecule has 0 unspecified atom stereocenters. The first kappa shape index (κ1) is 17.9. The van der Waals surface area contributed by atoms with Gasteiger partial charge in [0.25, 0.3) is 5.56 Å². The number of nitrogens with zero attached hydrogens (tertiary/aromatic N) is 2. The first-order valence-electron chi connectivity index (χ1n) is 9.15. The lowest BCUT2D eigenvalue weighted by Gasteiger charge is -2.30. The van der Waals surface area contributed by atoms with Crippen molar-refractivity contribution in [2.75, 3.05) is 12.5 Å². The zero-order chi connectivity index (χ0) is 19.6. The van der Waals surface area contributed by atoms with Crippen molar-refractivity contribution in [2.45, 2.75) is 12.0 Å². The summed E-state index contributed by atoms with van der Waals surface area (Å²) in [5.41, 5.74) is 3.49. The van der Waals surface area contributed by atoms with Gasteiger partial charge in [0.15, 0.2) is 0 Å². The van der Waals surface area contributed by atoms with Crippen LogP contribution in [0.25, 0.3) is 10.9 Å². The Morgan fingerprint density at radius 2 is 1.43 bits per heavy atom. The van der Waals surface area contributed by atoms with Crippen molar-refractivity contribution in [2.24, 2.45) is 0 Å². The van der Waals surface area contributed by atoms with Crippen LogP contribution in [0.5, 0.6) is 0 Å². The van der Waals surface area contributed by atoms with Crippen molar-refractivity contribution in [3.8, 4) is 0 Å². The first-order valence-corrected chi connectivity index (χ1v) is 9.15. The second kappa shape index (κ2) is 7.29. The number of hydrogen-bond acceptors (Lipinski definition) is 4. The van der Waals surface area contributed by atoms with Gasteiger partial charge in [-0.15, -0.1) is 0 Å². The average Bonchev–Trinajstić information content (AvgIpc) is 2.75. The predicted octanol–water partition coefficient (Wildman–Crippen LogP) is 3.05. The lowest BCUT2D eigenvalue weighted by molar-refractivity contribution is 0.0780. The van der Waals surface area contributed by atoms with E-state index in [9.17, 15) is 9.90 Å². The second-order valence-electron chi connectivity index (χ2n) is 6.68. The van der Waals surface area contributed by atoms with Gasteiger partial charge in [-0.25, -0.2) is 9.66 Å². The minimum absolute atomic E-state index is 0.141. The maximum Gasteiger partial charge on any atom is 0.279 e. The number of nitrogens with one attached hydrogen (secondary N) is 1. The molecule has 4 aromatic rings. The third-order valence-corrected chi connectivity index (χ3v) is 4.99. The summed E-state index contributed by atoms with van der Waals surface area (Å²) >= 11 is 0. The summed E-state index contributed by atoms with van der Waals surface area (Å²) in [5, 5.41) is 12.3. The fourth-order valence-corrected chi connectivity index (χ4v) is 3.56. The molecule has 28 heavy (non-hydrogen) atoms. The lowest BCUT2D eigenvalue weighted by Crippen LogP contribution is -2.37. The van der Waals surface area contributed by atoms with Crippen molar-refractivity contribution in [3.63, 3.8) is 0 Å². The largest absolute Gasteiger partial charge is 0.380 e. The van der Waals surface area contributed by atoms with Gasteiger partial charge in [-0.3, -0.25) is 4.79 Å². The molecule has 0 radical (unpaired) electrons. The molecule has 0 spiro atoms.